The van der Waals surface area contributed by atoms with Crippen LogP contribution in [0.25, 0.3) is 0 Å². The number of likely N-dealkylation sites (N-methyl/N-ethyl adjacent to an activating group) is 1. The second-order valence-electron chi connectivity index (χ2n) is 8.20. The van der Waals surface area contributed by atoms with E-state index in [2.05, 4.69) is 28.5 Å². The summed E-state index contributed by atoms with van der Waals surface area (Å²) in [4.78, 5) is 17.4. The predicted molar refractivity (Wildman–Crippen MR) is 123 cm³/mol. The molecule has 2 fully saturated rings. The molecule has 0 aromatic heterocycles. The fourth-order valence-electron chi connectivity index (χ4n) is 4.17. The zero-order chi connectivity index (χ0) is 20.7. The van der Waals surface area contributed by atoms with Crippen LogP contribution in [-0.4, -0.2) is 47.5 Å². The molecule has 1 aromatic rings. The summed E-state index contributed by atoms with van der Waals surface area (Å²) in [5.41, 5.74) is 9.92. The van der Waals surface area contributed by atoms with Gasteiger partial charge in [-0.1, -0.05) is 24.4 Å². The number of benzene rings is 1. The molecule has 29 heavy (non-hydrogen) atoms. The van der Waals surface area contributed by atoms with Gasteiger partial charge in [-0.2, -0.15) is 0 Å². The van der Waals surface area contributed by atoms with Gasteiger partial charge in [0.15, 0.2) is 5.54 Å². The standard InChI is InChI=1S/C23H34N4OS/c1-18-16-21(24)9-8-20(18)10-15-29-27-13-11-23(12-14-27,22(28)25-2)26-17-19-6-4-3-5-7-19/h8-9,16H,3-7,10-15,24H2,1-2H3,(H,25,28). The summed E-state index contributed by atoms with van der Waals surface area (Å²) in [5, 5.41) is 2.84. The first kappa shape index (κ1) is 21.9. The normalized spacial score (nSPS) is 19.4. The van der Waals surface area contributed by atoms with Gasteiger partial charge in [-0.25, -0.2) is 4.99 Å². The number of nitrogens with one attached hydrogen (secondary N) is 1. The van der Waals surface area contributed by atoms with Crippen LogP contribution in [0.2, 0.25) is 0 Å². The zero-order valence-corrected chi connectivity index (χ0v) is 18.6. The van der Waals surface area contributed by atoms with Crippen molar-refractivity contribution < 1.29 is 4.79 Å². The Kier molecular flexibility index (Phi) is 7.82. The highest BCUT2D eigenvalue weighted by Gasteiger charge is 2.40. The predicted octanol–water partition coefficient (Wildman–Crippen LogP) is 3.91. The van der Waals surface area contributed by atoms with Gasteiger partial charge in [-0.15, -0.1) is 0 Å². The molecule has 1 heterocycles. The van der Waals surface area contributed by atoms with Gasteiger partial charge in [-0.05, 0) is 86.6 Å². The molecule has 1 amide bonds. The molecule has 5 nitrogen and oxygen atoms in total. The fourth-order valence-corrected chi connectivity index (χ4v) is 5.18. The van der Waals surface area contributed by atoms with Crippen molar-refractivity contribution in [2.45, 2.75) is 63.8 Å². The molecule has 0 spiro atoms. The molecule has 2 aliphatic rings. The monoisotopic (exact) mass is 414 g/mol. The Morgan fingerprint density at radius 3 is 2.66 bits per heavy atom. The number of hydrogen-bond donors (Lipinski definition) is 2. The average molecular weight is 415 g/mol. The number of nitrogens with zero attached hydrogens (tertiary/aromatic N) is 2. The Bertz CT molecular complexity index is 769. The molecule has 3 rings (SSSR count). The van der Waals surface area contributed by atoms with Crippen molar-refractivity contribution in [3.05, 3.63) is 34.9 Å². The third-order valence-electron chi connectivity index (χ3n) is 6.10. The first-order chi connectivity index (χ1) is 14.0. The summed E-state index contributed by atoms with van der Waals surface area (Å²) in [6.07, 6.45) is 8.44. The van der Waals surface area contributed by atoms with E-state index in [4.69, 9.17) is 10.7 Å². The van der Waals surface area contributed by atoms with E-state index in [0.29, 0.717) is 0 Å². The van der Waals surface area contributed by atoms with Crippen molar-refractivity contribution in [2.75, 3.05) is 31.6 Å². The van der Waals surface area contributed by atoms with Crippen molar-refractivity contribution in [1.29, 1.82) is 0 Å². The second kappa shape index (κ2) is 10.3. The van der Waals surface area contributed by atoms with E-state index in [0.717, 1.165) is 56.6 Å². The van der Waals surface area contributed by atoms with Gasteiger partial charge in [0, 0.05) is 31.6 Å². The SMILES string of the molecule is CNC(=O)C1(N=C=C2CCCCC2)CCN(SCCc2ccc(N)cc2C)CC1. The molecule has 1 aliphatic carbocycles. The van der Waals surface area contributed by atoms with Crippen LogP contribution < -0.4 is 11.1 Å². The number of piperidine rings is 1. The van der Waals surface area contributed by atoms with E-state index in [-0.39, 0.29) is 5.91 Å². The second-order valence-corrected chi connectivity index (χ2v) is 9.38. The number of anilines is 1. The van der Waals surface area contributed by atoms with Gasteiger partial charge < -0.3 is 11.1 Å². The molecular formula is C23H34N4OS. The van der Waals surface area contributed by atoms with Gasteiger partial charge in [0.1, 0.15) is 0 Å². The Morgan fingerprint density at radius 2 is 2.00 bits per heavy atom. The summed E-state index contributed by atoms with van der Waals surface area (Å²) in [7, 11) is 1.71. The Labute approximate surface area is 179 Å². The quantitative estimate of drug-likeness (QED) is 0.421. The number of allylic oxidation sites excluding steroid dienone is 1. The lowest BCUT2D eigenvalue weighted by Crippen LogP contribution is -2.50. The molecule has 158 valence electrons. The maximum absolute atomic E-state index is 12.6. The minimum Gasteiger partial charge on any atom is -0.399 e. The van der Waals surface area contributed by atoms with Crippen molar-refractivity contribution in [3.63, 3.8) is 0 Å². The zero-order valence-electron chi connectivity index (χ0n) is 17.8. The first-order valence-corrected chi connectivity index (χ1v) is 11.7. The molecule has 1 saturated carbocycles. The molecule has 1 aromatic carbocycles. The van der Waals surface area contributed by atoms with Gasteiger partial charge in [-0.3, -0.25) is 9.10 Å². The van der Waals surface area contributed by atoms with E-state index >= 15 is 0 Å². The van der Waals surface area contributed by atoms with Crippen LogP contribution in [0, 0.1) is 6.92 Å². The fraction of sp³-hybridized carbons (Fsp3) is 0.609. The minimum absolute atomic E-state index is 0.0311. The molecule has 3 N–H and O–H groups in total. The van der Waals surface area contributed by atoms with E-state index in [1.807, 2.05) is 24.1 Å². The van der Waals surface area contributed by atoms with Crippen LogP contribution in [0.1, 0.15) is 56.1 Å². The molecule has 0 atom stereocenters. The van der Waals surface area contributed by atoms with Crippen LogP contribution in [-0.2, 0) is 11.2 Å². The largest absolute Gasteiger partial charge is 0.399 e. The van der Waals surface area contributed by atoms with E-state index in [1.54, 1.807) is 7.05 Å². The first-order valence-electron chi connectivity index (χ1n) is 10.8. The van der Waals surface area contributed by atoms with Crippen molar-refractivity contribution in [3.8, 4) is 0 Å². The van der Waals surface area contributed by atoms with Gasteiger partial charge in [0.25, 0.3) is 0 Å². The third kappa shape index (κ3) is 5.88. The van der Waals surface area contributed by atoms with Gasteiger partial charge in [0.05, 0.1) is 0 Å². The number of rotatable bonds is 6. The number of carbonyl (C=O) groups excluding carboxylic acids is 1. The van der Waals surface area contributed by atoms with Crippen LogP contribution in [0.15, 0.2) is 28.8 Å². The summed E-state index contributed by atoms with van der Waals surface area (Å²) in [6, 6.07) is 6.15. The highest BCUT2D eigenvalue weighted by atomic mass is 32.2. The topological polar surface area (TPSA) is 70.7 Å². The van der Waals surface area contributed by atoms with E-state index in [1.165, 1.54) is 36.0 Å². The average Bonchev–Trinajstić information content (AvgIpc) is 2.75. The number of hydrogen-bond acceptors (Lipinski definition) is 5. The van der Waals surface area contributed by atoms with E-state index in [9.17, 15) is 4.79 Å². The lowest BCUT2D eigenvalue weighted by atomic mass is 9.88. The van der Waals surface area contributed by atoms with Crippen LogP contribution in [0.3, 0.4) is 0 Å². The maximum Gasteiger partial charge on any atom is 0.248 e. The lowest BCUT2D eigenvalue weighted by molar-refractivity contribution is -0.126. The Morgan fingerprint density at radius 1 is 1.28 bits per heavy atom. The van der Waals surface area contributed by atoms with Crippen LogP contribution in [0.5, 0.6) is 0 Å². The molecule has 6 heteroatoms. The number of nitrogen functional groups attached to an aromatic ring is 1. The number of nitrogens with two attached hydrogens (primary N) is 1. The molecular weight excluding hydrogens is 380 g/mol. The third-order valence-corrected chi connectivity index (χ3v) is 7.21. The number of amides is 1. The highest BCUT2D eigenvalue weighted by Crippen LogP contribution is 2.31. The number of carbonyl (C=O) groups is 1. The molecule has 0 bridgehead atoms. The summed E-state index contributed by atoms with van der Waals surface area (Å²) < 4.78 is 2.39. The molecule has 1 saturated heterocycles. The van der Waals surface area contributed by atoms with Gasteiger partial charge in [0.2, 0.25) is 5.91 Å². The van der Waals surface area contributed by atoms with Crippen molar-refractivity contribution in [2.24, 2.45) is 4.99 Å². The minimum atomic E-state index is -0.649. The molecule has 0 unspecified atom stereocenters. The number of aliphatic imine (C=N–C) groups is 1. The van der Waals surface area contributed by atoms with Crippen LogP contribution >= 0.6 is 11.9 Å². The molecule has 1 aliphatic heterocycles. The van der Waals surface area contributed by atoms with Crippen molar-refractivity contribution >= 4 is 29.4 Å². The van der Waals surface area contributed by atoms with E-state index < -0.39 is 5.54 Å². The maximum atomic E-state index is 12.6. The van der Waals surface area contributed by atoms with Crippen LogP contribution in [0.4, 0.5) is 5.69 Å². The smallest absolute Gasteiger partial charge is 0.248 e. The summed E-state index contributed by atoms with van der Waals surface area (Å²) in [5.74, 6) is 4.35. The summed E-state index contributed by atoms with van der Waals surface area (Å²) in [6.45, 7) is 3.87. The lowest BCUT2D eigenvalue weighted by Gasteiger charge is -2.36. The molecule has 0 radical (unpaired) electrons. The number of aryl methyl sites for hydroxylation is 2. The summed E-state index contributed by atoms with van der Waals surface area (Å²) >= 11 is 1.87. The van der Waals surface area contributed by atoms with Gasteiger partial charge >= 0.3 is 0 Å². The highest BCUT2D eigenvalue weighted by molar-refractivity contribution is 7.97. The Balaban J connectivity index is 1.55. The Hall–Kier alpha value is -1.75. The van der Waals surface area contributed by atoms with Crippen molar-refractivity contribution in [1.82, 2.24) is 9.62 Å².